The number of aromatic nitrogens is 2. The van der Waals surface area contributed by atoms with E-state index in [0.29, 0.717) is 6.54 Å². The molecule has 1 aromatic heterocycles. The summed E-state index contributed by atoms with van der Waals surface area (Å²) in [5.74, 6) is -0.970. The topological polar surface area (TPSA) is 113 Å². The Kier molecular flexibility index (Phi) is 7.27. The van der Waals surface area contributed by atoms with E-state index in [1.165, 1.54) is 6.33 Å². The second-order valence-corrected chi connectivity index (χ2v) is 7.86. The van der Waals surface area contributed by atoms with E-state index < -0.39 is 10.8 Å². The van der Waals surface area contributed by atoms with Crippen LogP contribution in [0.3, 0.4) is 0 Å². The monoisotopic (exact) mass is 468 g/mol. The maximum absolute atomic E-state index is 13.3. The summed E-state index contributed by atoms with van der Waals surface area (Å²) in [5.41, 5.74) is 7.48. The Morgan fingerprint density at radius 3 is 2.00 bits per heavy atom. The van der Waals surface area contributed by atoms with Crippen LogP contribution in [0.25, 0.3) is 0 Å². The molecular formula is C26H24N6O3. The molecule has 0 aliphatic carbocycles. The first-order valence-corrected chi connectivity index (χ1v) is 10.9. The summed E-state index contributed by atoms with van der Waals surface area (Å²) in [7, 11) is 1.71. The molecule has 0 atom stereocenters. The van der Waals surface area contributed by atoms with Gasteiger partial charge in [-0.25, -0.2) is 9.97 Å². The lowest BCUT2D eigenvalue weighted by Gasteiger charge is -2.20. The number of carbonyl (C=O) groups is 1. The summed E-state index contributed by atoms with van der Waals surface area (Å²) in [5, 5.41) is 12.0. The maximum atomic E-state index is 13.3. The minimum atomic E-state index is -0.619. The van der Waals surface area contributed by atoms with Crippen molar-refractivity contribution in [3.05, 3.63) is 124 Å². The Bertz CT molecular complexity index is 1250. The molecule has 0 aliphatic heterocycles. The fraction of sp³-hybridized carbons (Fsp3) is 0.115. The molecule has 9 heteroatoms. The molecule has 4 aromatic rings. The van der Waals surface area contributed by atoms with Crippen LogP contribution in [-0.2, 0) is 11.3 Å². The molecule has 0 unspecified atom stereocenters. The highest BCUT2D eigenvalue weighted by Crippen LogP contribution is 2.32. The highest BCUT2D eigenvalue weighted by molar-refractivity contribution is 5.88. The molecule has 0 saturated carbocycles. The summed E-state index contributed by atoms with van der Waals surface area (Å²) in [6.07, 6.45) is 1.23. The van der Waals surface area contributed by atoms with Gasteiger partial charge in [0, 0.05) is 13.6 Å². The van der Waals surface area contributed by atoms with Gasteiger partial charge in [-0.05, 0) is 16.7 Å². The zero-order chi connectivity index (χ0) is 24.6. The van der Waals surface area contributed by atoms with E-state index in [4.69, 9.17) is 0 Å². The smallest absolute Gasteiger partial charge is 0.349 e. The number of anilines is 2. The van der Waals surface area contributed by atoms with Crippen molar-refractivity contribution >= 4 is 23.2 Å². The molecule has 3 aromatic carbocycles. The third kappa shape index (κ3) is 5.59. The van der Waals surface area contributed by atoms with Gasteiger partial charge in [0.2, 0.25) is 17.5 Å². The summed E-state index contributed by atoms with van der Waals surface area (Å²) in [6.45, 7) is 0.411. The Hall–Kier alpha value is -4.79. The van der Waals surface area contributed by atoms with Gasteiger partial charge < -0.3 is 4.90 Å². The molecule has 0 saturated heterocycles. The van der Waals surface area contributed by atoms with E-state index in [0.717, 1.165) is 16.7 Å². The number of hydrazine groups is 1. The molecule has 1 amide bonds. The second kappa shape index (κ2) is 10.9. The van der Waals surface area contributed by atoms with E-state index in [1.807, 2.05) is 91.0 Å². The summed E-state index contributed by atoms with van der Waals surface area (Å²) in [4.78, 5) is 34.5. The molecule has 35 heavy (non-hydrogen) atoms. The Morgan fingerprint density at radius 1 is 0.914 bits per heavy atom. The van der Waals surface area contributed by atoms with Crippen LogP contribution >= 0.6 is 0 Å². The van der Waals surface area contributed by atoms with Gasteiger partial charge in [-0.2, -0.15) is 0 Å². The zero-order valence-corrected chi connectivity index (χ0v) is 19.0. The van der Waals surface area contributed by atoms with E-state index in [9.17, 15) is 14.9 Å². The third-order valence-electron chi connectivity index (χ3n) is 5.44. The van der Waals surface area contributed by atoms with Crippen LogP contribution < -0.4 is 15.8 Å². The predicted molar refractivity (Wildman–Crippen MR) is 134 cm³/mol. The molecule has 0 bridgehead atoms. The van der Waals surface area contributed by atoms with Gasteiger partial charge in [0.1, 0.15) is 6.33 Å². The normalized spacial score (nSPS) is 10.6. The molecule has 2 N–H and O–H groups in total. The van der Waals surface area contributed by atoms with Crippen molar-refractivity contribution in [1.82, 2.24) is 15.4 Å². The number of benzene rings is 3. The fourth-order valence-corrected chi connectivity index (χ4v) is 3.82. The van der Waals surface area contributed by atoms with Gasteiger partial charge in [0.25, 0.3) is 0 Å². The molecule has 0 radical (unpaired) electrons. The highest BCUT2D eigenvalue weighted by Gasteiger charge is 2.28. The van der Waals surface area contributed by atoms with Crippen LogP contribution in [0.2, 0.25) is 0 Å². The first kappa shape index (κ1) is 23.4. The standard InChI is InChI=1S/C26H24N6O3/c1-31(17-19-11-5-2-6-12-19)25-23(32(34)35)24(27-18-28-25)29-30-26(33)22(20-13-7-3-8-14-20)21-15-9-4-10-16-21/h2-16,18,22H,17H2,1H3,(H,30,33)(H,27,28,29). The molecule has 0 spiro atoms. The van der Waals surface area contributed by atoms with E-state index in [2.05, 4.69) is 20.8 Å². The lowest BCUT2D eigenvalue weighted by Crippen LogP contribution is -2.35. The summed E-state index contributed by atoms with van der Waals surface area (Å²) in [6, 6.07) is 28.2. The van der Waals surface area contributed by atoms with Gasteiger partial charge >= 0.3 is 5.69 Å². The van der Waals surface area contributed by atoms with Crippen LogP contribution in [0.1, 0.15) is 22.6 Å². The van der Waals surface area contributed by atoms with Gasteiger partial charge in [-0.1, -0.05) is 91.0 Å². The molecular weight excluding hydrogens is 444 g/mol. The lowest BCUT2D eigenvalue weighted by molar-refractivity contribution is -0.383. The largest absolute Gasteiger partial charge is 0.355 e. The molecule has 0 fully saturated rings. The maximum Gasteiger partial charge on any atom is 0.355 e. The molecule has 0 aliphatic rings. The van der Waals surface area contributed by atoms with E-state index in [1.54, 1.807) is 11.9 Å². The number of hydrogen-bond donors (Lipinski definition) is 2. The van der Waals surface area contributed by atoms with Crippen molar-refractivity contribution in [2.75, 3.05) is 17.4 Å². The SMILES string of the molecule is CN(Cc1ccccc1)c1ncnc(NNC(=O)C(c2ccccc2)c2ccccc2)c1[N+](=O)[O-]. The lowest BCUT2D eigenvalue weighted by atomic mass is 9.91. The van der Waals surface area contributed by atoms with Crippen LogP contribution in [0.5, 0.6) is 0 Å². The number of rotatable bonds is 9. The van der Waals surface area contributed by atoms with Crippen LogP contribution in [0.4, 0.5) is 17.3 Å². The highest BCUT2D eigenvalue weighted by atomic mass is 16.6. The van der Waals surface area contributed by atoms with Crippen LogP contribution in [0.15, 0.2) is 97.3 Å². The van der Waals surface area contributed by atoms with Crippen molar-refractivity contribution in [3.8, 4) is 0 Å². The van der Waals surface area contributed by atoms with E-state index in [-0.39, 0.29) is 23.2 Å². The second-order valence-electron chi connectivity index (χ2n) is 7.86. The van der Waals surface area contributed by atoms with Crippen LogP contribution in [0, 0.1) is 10.1 Å². The number of carbonyl (C=O) groups excluding carboxylic acids is 1. The number of hydrogen-bond acceptors (Lipinski definition) is 7. The molecule has 9 nitrogen and oxygen atoms in total. The quantitative estimate of drug-likeness (QED) is 0.278. The number of nitrogens with one attached hydrogen (secondary N) is 2. The molecule has 176 valence electrons. The van der Waals surface area contributed by atoms with Crippen molar-refractivity contribution in [1.29, 1.82) is 0 Å². The minimum Gasteiger partial charge on any atom is -0.349 e. The van der Waals surface area contributed by atoms with Crippen LogP contribution in [-0.4, -0.2) is 27.8 Å². The number of nitro groups is 1. The van der Waals surface area contributed by atoms with Crippen molar-refractivity contribution < 1.29 is 9.72 Å². The zero-order valence-electron chi connectivity index (χ0n) is 19.0. The fourth-order valence-electron chi connectivity index (χ4n) is 3.82. The molecule has 1 heterocycles. The van der Waals surface area contributed by atoms with Gasteiger partial charge in [-0.3, -0.25) is 25.8 Å². The first-order valence-electron chi connectivity index (χ1n) is 10.9. The number of amides is 1. The van der Waals surface area contributed by atoms with Crippen molar-refractivity contribution in [3.63, 3.8) is 0 Å². The summed E-state index contributed by atoms with van der Waals surface area (Å²) >= 11 is 0. The molecule has 4 rings (SSSR count). The number of nitrogens with zero attached hydrogens (tertiary/aromatic N) is 4. The third-order valence-corrected chi connectivity index (χ3v) is 5.44. The Labute approximate surface area is 202 Å². The van der Waals surface area contributed by atoms with Crippen molar-refractivity contribution in [2.45, 2.75) is 12.5 Å². The Balaban J connectivity index is 1.58. The van der Waals surface area contributed by atoms with Crippen molar-refractivity contribution in [2.24, 2.45) is 0 Å². The summed E-state index contributed by atoms with van der Waals surface area (Å²) < 4.78 is 0. The van der Waals surface area contributed by atoms with Gasteiger partial charge in [0.05, 0.1) is 10.8 Å². The van der Waals surface area contributed by atoms with Gasteiger partial charge in [0.15, 0.2) is 0 Å². The van der Waals surface area contributed by atoms with E-state index >= 15 is 0 Å². The average Bonchev–Trinajstić information content (AvgIpc) is 2.89. The first-order chi connectivity index (χ1) is 17.0. The predicted octanol–water partition coefficient (Wildman–Crippen LogP) is 4.30. The Morgan fingerprint density at radius 2 is 1.46 bits per heavy atom. The minimum absolute atomic E-state index is 0.104. The van der Waals surface area contributed by atoms with Gasteiger partial charge in [-0.15, -0.1) is 0 Å². The average molecular weight is 469 g/mol.